The molecule has 5 nitrogen and oxygen atoms in total. The van der Waals surface area contributed by atoms with Crippen LogP contribution in [0.1, 0.15) is 19.3 Å². The second kappa shape index (κ2) is 5.79. The van der Waals surface area contributed by atoms with Gasteiger partial charge in [-0.15, -0.1) is 0 Å². The van der Waals surface area contributed by atoms with Crippen molar-refractivity contribution in [2.45, 2.75) is 19.3 Å². The topological polar surface area (TPSA) is 55.9 Å². The fourth-order valence-electron chi connectivity index (χ4n) is 1.74. The Bertz CT molecular complexity index is 271. The second-order valence-electron chi connectivity index (χ2n) is 4.17. The minimum atomic E-state index is -3.35. The minimum Gasteiger partial charge on any atom is -0.531 e. The van der Waals surface area contributed by atoms with Gasteiger partial charge in [0.2, 0.25) is 0 Å². The molecule has 6 heteroatoms. The summed E-state index contributed by atoms with van der Waals surface area (Å²) in [5.74, 6) is 0. The molecule has 1 N–H and O–H groups in total. The van der Waals surface area contributed by atoms with E-state index in [1.807, 2.05) is 0 Å². The van der Waals surface area contributed by atoms with Crippen LogP contribution in [0, 0.1) is 0 Å². The summed E-state index contributed by atoms with van der Waals surface area (Å²) in [6.45, 7) is 3.58. The number of rotatable bonds is 5. The Kier molecular flexibility index (Phi) is 4.98. The molecule has 0 aromatic rings. The lowest BCUT2D eigenvalue weighted by Gasteiger charge is -2.29. The Balaban J connectivity index is 2.20. The van der Waals surface area contributed by atoms with E-state index in [4.69, 9.17) is 0 Å². The van der Waals surface area contributed by atoms with Gasteiger partial charge in [-0.1, -0.05) is 6.54 Å². The number of nitrogens with one attached hydrogen (secondary N) is 1. The van der Waals surface area contributed by atoms with E-state index in [0.717, 1.165) is 23.9 Å². The molecule has 90 valence electrons. The van der Waals surface area contributed by atoms with Crippen molar-refractivity contribution in [1.82, 2.24) is 4.31 Å². The van der Waals surface area contributed by atoms with Crippen LogP contribution in [-0.2, 0) is 10.2 Å². The van der Waals surface area contributed by atoms with Crippen LogP contribution in [0.15, 0.2) is 0 Å². The van der Waals surface area contributed by atoms with Crippen molar-refractivity contribution in [3.63, 3.8) is 0 Å². The van der Waals surface area contributed by atoms with Gasteiger partial charge in [0.25, 0.3) is 0 Å². The average molecular weight is 235 g/mol. The summed E-state index contributed by atoms with van der Waals surface area (Å²) in [6, 6.07) is 0. The average Bonchev–Trinajstić information content (AvgIpc) is 2.19. The minimum absolute atomic E-state index is 0.413. The van der Waals surface area contributed by atoms with Crippen molar-refractivity contribution in [1.29, 1.82) is 0 Å². The van der Waals surface area contributed by atoms with Gasteiger partial charge in [0.1, 0.15) is 10.2 Å². The van der Waals surface area contributed by atoms with Crippen LogP contribution >= 0.6 is 0 Å². The van der Waals surface area contributed by atoms with Gasteiger partial charge in [0, 0.05) is 14.1 Å². The molecule has 0 aromatic carbocycles. The fourth-order valence-corrected chi connectivity index (χ4v) is 2.29. The van der Waals surface area contributed by atoms with Crippen molar-refractivity contribution in [3.05, 3.63) is 4.72 Å². The largest absolute Gasteiger partial charge is 0.531 e. The molecule has 0 amide bonds. The highest BCUT2D eigenvalue weighted by atomic mass is 32.2. The third-order valence-corrected chi connectivity index (χ3v) is 4.17. The lowest BCUT2D eigenvalue weighted by molar-refractivity contribution is -0.903. The molecular weight excluding hydrogens is 214 g/mol. The summed E-state index contributed by atoms with van der Waals surface area (Å²) in [4.78, 5) is 1.49. The van der Waals surface area contributed by atoms with E-state index < -0.39 is 10.2 Å². The molecule has 1 saturated heterocycles. The molecule has 1 fully saturated rings. The first kappa shape index (κ1) is 12.9. The van der Waals surface area contributed by atoms with Crippen LogP contribution in [0.5, 0.6) is 0 Å². The summed E-state index contributed by atoms with van der Waals surface area (Å²) < 4.78 is 27.5. The number of hydrogen-bond donors (Lipinski definition) is 1. The molecule has 0 spiro atoms. The Morgan fingerprint density at radius 3 is 2.33 bits per heavy atom. The highest BCUT2D eigenvalue weighted by molar-refractivity contribution is 7.91. The van der Waals surface area contributed by atoms with Crippen molar-refractivity contribution in [2.75, 3.05) is 40.3 Å². The molecule has 0 unspecified atom stereocenters. The van der Waals surface area contributed by atoms with Crippen LogP contribution in [0.4, 0.5) is 0 Å². The van der Waals surface area contributed by atoms with Crippen LogP contribution in [0.25, 0.3) is 4.72 Å². The standard InChI is InChI=1S/C9H20N3O2S/c1-11(2)15(13,14)10-6-9-12-7-4-3-5-8-12/h3-9H2,1-2H3/q-1/p+1. The lowest BCUT2D eigenvalue weighted by atomic mass is 10.1. The third-order valence-electron chi connectivity index (χ3n) is 2.74. The number of piperidine rings is 1. The van der Waals surface area contributed by atoms with E-state index in [2.05, 4.69) is 4.72 Å². The molecule has 0 atom stereocenters. The lowest BCUT2D eigenvalue weighted by Crippen LogP contribution is -3.13. The van der Waals surface area contributed by atoms with Gasteiger partial charge in [-0.3, -0.25) is 0 Å². The smallest absolute Gasteiger partial charge is 0.136 e. The zero-order valence-electron chi connectivity index (χ0n) is 9.57. The summed E-state index contributed by atoms with van der Waals surface area (Å²) in [5, 5.41) is 0. The van der Waals surface area contributed by atoms with Crippen molar-refractivity contribution in [3.8, 4) is 0 Å². The van der Waals surface area contributed by atoms with Crippen LogP contribution < -0.4 is 4.90 Å². The van der Waals surface area contributed by atoms with Crippen LogP contribution in [0.2, 0.25) is 0 Å². The summed E-state index contributed by atoms with van der Waals surface area (Å²) >= 11 is 0. The SMILES string of the molecule is CN(C)S(=O)(=O)[N-]CC[NH+]1CCCCC1. The van der Waals surface area contributed by atoms with Crippen LogP contribution in [0.3, 0.4) is 0 Å². The van der Waals surface area contributed by atoms with E-state index in [0.29, 0.717) is 6.54 Å². The van der Waals surface area contributed by atoms with E-state index in [-0.39, 0.29) is 0 Å². The Morgan fingerprint density at radius 2 is 1.80 bits per heavy atom. The molecule has 0 bridgehead atoms. The zero-order valence-corrected chi connectivity index (χ0v) is 10.4. The monoisotopic (exact) mass is 235 g/mol. The molecule has 0 saturated carbocycles. The summed E-state index contributed by atoms with van der Waals surface area (Å²) in [5.41, 5.74) is 0. The molecule has 0 aliphatic carbocycles. The first-order valence-corrected chi connectivity index (χ1v) is 6.87. The molecule has 0 radical (unpaired) electrons. The molecular formula is C9H21N3O2S. The molecule has 1 heterocycles. The Labute approximate surface area is 92.6 Å². The molecule has 1 aliphatic heterocycles. The van der Waals surface area contributed by atoms with Gasteiger partial charge in [-0.25, -0.2) is 12.7 Å². The highest BCUT2D eigenvalue weighted by Crippen LogP contribution is 2.02. The van der Waals surface area contributed by atoms with Gasteiger partial charge in [0.05, 0.1) is 19.6 Å². The van der Waals surface area contributed by atoms with Gasteiger partial charge >= 0.3 is 0 Å². The number of nitrogens with zero attached hydrogens (tertiary/aromatic N) is 2. The highest BCUT2D eigenvalue weighted by Gasteiger charge is 2.11. The maximum atomic E-state index is 11.3. The predicted molar refractivity (Wildman–Crippen MR) is 60.2 cm³/mol. The van der Waals surface area contributed by atoms with E-state index in [1.54, 1.807) is 0 Å². The van der Waals surface area contributed by atoms with Gasteiger partial charge in [-0.2, -0.15) is 0 Å². The predicted octanol–water partition coefficient (Wildman–Crippen LogP) is -0.765. The second-order valence-corrected chi connectivity index (χ2v) is 6.06. The number of likely N-dealkylation sites (tertiary alicyclic amines) is 1. The summed E-state index contributed by atoms with van der Waals surface area (Å²) in [6.07, 6.45) is 3.84. The maximum Gasteiger partial charge on any atom is 0.136 e. The van der Waals surface area contributed by atoms with Crippen molar-refractivity contribution < 1.29 is 13.3 Å². The van der Waals surface area contributed by atoms with Gasteiger partial charge in [-0.05, 0) is 19.3 Å². The normalized spacial score (nSPS) is 19.7. The first-order valence-electron chi connectivity index (χ1n) is 5.47. The van der Waals surface area contributed by atoms with E-state index >= 15 is 0 Å². The fraction of sp³-hybridized carbons (Fsp3) is 1.00. The van der Waals surface area contributed by atoms with E-state index in [9.17, 15) is 8.42 Å². The molecule has 0 aromatic heterocycles. The number of quaternary nitrogens is 1. The first-order chi connectivity index (χ1) is 7.02. The van der Waals surface area contributed by atoms with E-state index in [1.165, 1.54) is 38.3 Å². The quantitative estimate of drug-likeness (QED) is 0.681. The molecule has 15 heavy (non-hydrogen) atoms. The van der Waals surface area contributed by atoms with Crippen molar-refractivity contribution >= 4 is 10.2 Å². The third kappa shape index (κ3) is 4.46. The molecule has 1 rings (SSSR count). The maximum absolute atomic E-state index is 11.3. The van der Waals surface area contributed by atoms with Gasteiger partial charge < -0.3 is 9.62 Å². The summed E-state index contributed by atoms with van der Waals surface area (Å²) in [7, 11) is -0.341. The zero-order chi connectivity index (χ0) is 11.3. The van der Waals surface area contributed by atoms with Crippen LogP contribution in [-0.4, -0.2) is 53.0 Å². The van der Waals surface area contributed by atoms with Gasteiger partial charge in [0.15, 0.2) is 0 Å². The molecule has 1 aliphatic rings. The Hall–Kier alpha value is -0.170. The number of hydrogen-bond acceptors (Lipinski definition) is 2. The van der Waals surface area contributed by atoms with Crippen molar-refractivity contribution in [2.24, 2.45) is 0 Å². The Morgan fingerprint density at radius 1 is 1.20 bits per heavy atom.